The maximum atomic E-state index is 12.8. The Bertz CT molecular complexity index is 1000. The summed E-state index contributed by atoms with van der Waals surface area (Å²) in [6.07, 6.45) is 1.69. The Morgan fingerprint density at radius 1 is 1.12 bits per heavy atom. The van der Waals surface area contributed by atoms with E-state index in [1.54, 1.807) is 23.8 Å². The predicted molar refractivity (Wildman–Crippen MR) is 92.8 cm³/mol. The first-order valence-corrected chi connectivity index (χ1v) is 10.1. The Morgan fingerprint density at radius 3 is 2.27 bits per heavy atom. The molecule has 3 nitrogen and oxygen atoms in total. The van der Waals surface area contributed by atoms with Crippen molar-refractivity contribution < 1.29 is 29.0 Å². The summed E-state index contributed by atoms with van der Waals surface area (Å²) in [5, 5.41) is 0. The van der Waals surface area contributed by atoms with Crippen LogP contribution in [0.5, 0.6) is 0 Å². The van der Waals surface area contributed by atoms with Crippen molar-refractivity contribution in [2.75, 3.05) is 7.11 Å². The lowest BCUT2D eigenvalue weighted by atomic mass is 10.2. The lowest BCUT2D eigenvalue weighted by molar-refractivity contribution is 0.0602. The monoisotopic (exact) mass is 411 g/mol. The molecule has 0 saturated heterocycles. The summed E-state index contributed by atoms with van der Waals surface area (Å²) >= 11 is 1.39. The zero-order valence-corrected chi connectivity index (χ0v) is 15.3. The lowest BCUT2D eigenvalue weighted by Crippen LogP contribution is -2.07. The Balaban J connectivity index is 1.99. The SMILES string of the molecule is COC(=O)c1c(C)sc2ccn(Cc3ccc(S(F)(F)(F)(F)F)cc3)c12. The van der Waals surface area contributed by atoms with Gasteiger partial charge < -0.3 is 9.30 Å². The molecule has 0 aliphatic rings. The number of benzene rings is 1. The molecule has 0 unspecified atom stereocenters. The maximum Gasteiger partial charge on any atom is 0.341 e. The van der Waals surface area contributed by atoms with Gasteiger partial charge in [-0.3, -0.25) is 0 Å². The van der Waals surface area contributed by atoms with Crippen LogP contribution in [-0.2, 0) is 11.3 Å². The fourth-order valence-electron chi connectivity index (χ4n) is 2.71. The number of carbonyl (C=O) groups is 1. The quantitative estimate of drug-likeness (QED) is 0.362. The molecule has 2 aromatic heterocycles. The molecule has 1 aromatic carbocycles. The molecule has 0 aliphatic carbocycles. The highest BCUT2D eigenvalue weighted by molar-refractivity contribution is 8.45. The van der Waals surface area contributed by atoms with Gasteiger partial charge in [-0.2, -0.15) is 0 Å². The zero-order valence-electron chi connectivity index (χ0n) is 13.6. The van der Waals surface area contributed by atoms with Gasteiger partial charge in [0.1, 0.15) is 4.90 Å². The summed E-state index contributed by atoms with van der Waals surface area (Å²) in [4.78, 5) is 10.8. The van der Waals surface area contributed by atoms with E-state index in [0.717, 1.165) is 21.7 Å². The molecule has 142 valence electrons. The van der Waals surface area contributed by atoms with Crippen molar-refractivity contribution in [2.45, 2.75) is 18.4 Å². The average Bonchev–Trinajstić information content (AvgIpc) is 3.03. The third kappa shape index (κ3) is 3.43. The fourth-order valence-corrected chi connectivity index (χ4v) is 4.41. The van der Waals surface area contributed by atoms with E-state index in [-0.39, 0.29) is 6.54 Å². The van der Waals surface area contributed by atoms with Crippen LogP contribution in [0.2, 0.25) is 0 Å². The Labute approximate surface area is 149 Å². The van der Waals surface area contributed by atoms with Crippen molar-refractivity contribution >= 4 is 37.7 Å². The smallest absolute Gasteiger partial charge is 0.341 e. The van der Waals surface area contributed by atoms with Crippen LogP contribution in [0.1, 0.15) is 20.8 Å². The van der Waals surface area contributed by atoms with Gasteiger partial charge in [0.2, 0.25) is 0 Å². The first-order chi connectivity index (χ1) is 11.8. The molecule has 2 heterocycles. The van der Waals surface area contributed by atoms with Gasteiger partial charge in [0.25, 0.3) is 0 Å². The predicted octanol–water partition coefficient (Wildman–Crippen LogP) is 6.50. The molecule has 0 amide bonds. The summed E-state index contributed by atoms with van der Waals surface area (Å²) in [6, 6.07) is 4.57. The zero-order chi connectivity index (χ0) is 19.4. The number of aromatic nitrogens is 1. The minimum absolute atomic E-state index is 0.129. The number of fused-ring (bicyclic) bond motifs is 1. The molecule has 3 aromatic rings. The summed E-state index contributed by atoms with van der Waals surface area (Å²) in [5.74, 6) is -0.509. The number of thiophene rings is 1. The van der Waals surface area contributed by atoms with E-state index in [2.05, 4.69) is 0 Å². The van der Waals surface area contributed by atoms with Gasteiger partial charge in [0.15, 0.2) is 0 Å². The second-order valence-corrected chi connectivity index (χ2v) is 9.46. The van der Waals surface area contributed by atoms with Crippen LogP contribution >= 0.6 is 21.6 Å². The number of carbonyl (C=O) groups excluding carboxylic acids is 1. The van der Waals surface area contributed by atoms with Gasteiger partial charge in [-0.25, -0.2) is 4.79 Å². The van der Waals surface area contributed by atoms with Gasteiger partial charge in [0, 0.05) is 17.6 Å². The van der Waals surface area contributed by atoms with E-state index < -0.39 is 21.1 Å². The standard InChI is InChI=1S/C16H14F5NO2S2/c1-10-14(16(23)24-2)15-13(25-10)7-8-22(15)9-11-3-5-12(6-4-11)26(17,18,19,20)21/h3-8H,9H2,1-2H3. The molecule has 0 radical (unpaired) electrons. The van der Waals surface area contributed by atoms with Crippen LogP contribution in [0, 0.1) is 6.92 Å². The van der Waals surface area contributed by atoms with Crippen molar-refractivity contribution in [1.82, 2.24) is 4.57 Å². The third-order valence-corrected chi connectivity index (χ3v) is 6.11. The number of hydrogen-bond donors (Lipinski definition) is 0. The topological polar surface area (TPSA) is 31.2 Å². The molecule has 0 N–H and O–H groups in total. The van der Waals surface area contributed by atoms with Crippen LogP contribution in [0.15, 0.2) is 41.4 Å². The normalized spacial score (nSPS) is 14.9. The molecule has 0 saturated carbocycles. The van der Waals surface area contributed by atoms with Crippen molar-refractivity contribution in [3.05, 3.63) is 52.5 Å². The number of aryl methyl sites for hydroxylation is 1. The molecular weight excluding hydrogens is 397 g/mol. The second kappa shape index (κ2) is 5.23. The van der Waals surface area contributed by atoms with Gasteiger partial charge in [-0.05, 0) is 30.7 Å². The average molecular weight is 411 g/mol. The van der Waals surface area contributed by atoms with Crippen LogP contribution < -0.4 is 0 Å². The first kappa shape index (κ1) is 18.7. The van der Waals surface area contributed by atoms with Crippen LogP contribution in [0.25, 0.3) is 10.2 Å². The minimum Gasteiger partial charge on any atom is -0.465 e. The molecular formula is C16H14F5NO2S2. The fraction of sp³-hybridized carbons (Fsp3) is 0.188. The van der Waals surface area contributed by atoms with Crippen LogP contribution in [0.3, 0.4) is 0 Å². The number of hydrogen-bond acceptors (Lipinski definition) is 3. The molecule has 26 heavy (non-hydrogen) atoms. The summed E-state index contributed by atoms with van der Waals surface area (Å²) in [6.45, 7) is 1.90. The van der Waals surface area contributed by atoms with Crippen molar-refractivity contribution in [1.29, 1.82) is 0 Å². The number of methoxy groups -OCH3 is 1. The molecule has 0 fully saturated rings. The van der Waals surface area contributed by atoms with Crippen LogP contribution in [-0.4, -0.2) is 17.6 Å². The highest BCUT2D eigenvalue weighted by Crippen LogP contribution is 3.02. The van der Waals surface area contributed by atoms with E-state index in [9.17, 15) is 24.2 Å². The van der Waals surface area contributed by atoms with E-state index in [0.29, 0.717) is 28.8 Å². The molecule has 0 atom stereocenters. The number of nitrogens with zero attached hydrogens (tertiary/aromatic N) is 1. The number of halogens is 5. The van der Waals surface area contributed by atoms with Crippen molar-refractivity contribution in [3.63, 3.8) is 0 Å². The van der Waals surface area contributed by atoms with Gasteiger partial charge >= 0.3 is 16.2 Å². The number of rotatable bonds is 4. The second-order valence-electron chi connectivity index (χ2n) is 5.79. The summed E-state index contributed by atoms with van der Waals surface area (Å²) in [5.41, 5.74) is 1.39. The highest BCUT2D eigenvalue weighted by atomic mass is 32.5. The lowest BCUT2D eigenvalue weighted by Gasteiger charge is -2.40. The van der Waals surface area contributed by atoms with Crippen molar-refractivity contribution in [2.24, 2.45) is 0 Å². The highest BCUT2D eigenvalue weighted by Gasteiger charge is 2.65. The minimum atomic E-state index is -9.68. The van der Waals surface area contributed by atoms with Gasteiger partial charge in [-0.15, -0.1) is 11.3 Å². The van der Waals surface area contributed by atoms with Gasteiger partial charge in [-0.1, -0.05) is 31.6 Å². The molecule has 3 rings (SSSR count). The Kier molecular flexibility index (Phi) is 3.76. The van der Waals surface area contributed by atoms with E-state index in [1.165, 1.54) is 18.4 Å². The van der Waals surface area contributed by atoms with Crippen molar-refractivity contribution in [3.8, 4) is 0 Å². The third-order valence-electron chi connectivity index (χ3n) is 3.89. The molecule has 0 spiro atoms. The number of ether oxygens (including phenoxy) is 1. The van der Waals surface area contributed by atoms with Gasteiger partial charge in [0.05, 0.1) is 22.9 Å². The largest absolute Gasteiger partial charge is 0.465 e. The van der Waals surface area contributed by atoms with Crippen LogP contribution in [0.4, 0.5) is 19.4 Å². The van der Waals surface area contributed by atoms with E-state index in [1.807, 2.05) is 0 Å². The summed E-state index contributed by atoms with van der Waals surface area (Å²) < 4.78 is 71.3. The molecule has 0 aliphatic heterocycles. The van der Waals surface area contributed by atoms with E-state index in [4.69, 9.17) is 4.74 Å². The molecule has 0 bridgehead atoms. The Morgan fingerprint density at radius 2 is 1.73 bits per heavy atom. The Hall–Kier alpha value is -2.07. The number of esters is 1. The molecule has 10 heteroatoms. The summed E-state index contributed by atoms with van der Waals surface area (Å²) in [7, 11) is -8.42. The first-order valence-electron chi connectivity index (χ1n) is 7.30. The van der Waals surface area contributed by atoms with E-state index >= 15 is 0 Å². The maximum absolute atomic E-state index is 12.8.